The molecule has 8 nitrogen and oxygen atoms in total. The van der Waals surface area contributed by atoms with Crippen molar-refractivity contribution in [1.29, 1.82) is 0 Å². The number of methoxy groups -OCH3 is 1. The lowest BCUT2D eigenvalue weighted by atomic mass is 10.1. The number of piperidine rings is 1. The van der Waals surface area contributed by atoms with Crippen LogP contribution in [0.15, 0.2) is 33.7 Å². The third-order valence-corrected chi connectivity index (χ3v) is 6.77. The normalized spacial score (nSPS) is 16.5. The van der Waals surface area contributed by atoms with E-state index in [4.69, 9.17) is 14.0 Å². The largest absolute Gasteiger partial charge is 0.384 e. The van der Waals surface area contributed by atoms with Crippen LogP contribution in [-0.4, -0.2) is 55.8 Å². The molecule has 28 heavy (non-hydrogen) atoms. The fourth-order valence-electron chi connectivity index (χ4n) is 3.12. The molecular formula is C19H27N3O5S. The molecule has 1 aliphatic rings. The van der Waals surface area contributed by atoms with Gasteiger partial charge in [0.1, 0.15) is 6.61 Å². The zero-order chi connectivity index (χ0) is 20.0. The van der Waals surface area contributed by atoms with Crippen LogP contribution in [-0.2, 0) is 38.9 Å². The highest BCUT2D eigenvalue weighted by atomic mass is 32.2. The Morgan fingerprint density at radius 3 is 2.57 bits per heavy atom. The quantitative estimate of drug-likeness (QED) is 0.626. The van der Waals surface area contributed by atoms with Crippen LogP contribution in [0.5, 0.6) is 0 Å². The van der Waals surface area contributed by atoms with Gasteiger partial charge in [-0.1, -0.05) is 24.2 Å². The Bertz CT molecular complexity index is 843. The van der Waals surface area contributed by atoms with Gasteiger partial charge in [0.05, 0.1) is 17.6 Å². The average molecular weight is 410 g/mol. The molecule has 0 unspecified atom stereocenters. The summed E-state index contributed by atoms with van der Waals surface area (Å²) >= 11 is 0. The van der Waals surface area contributed by atoms with Gasteiger partial charge in [-0.05, 0) is 37.0 Å². The lowest BCUT2D eigenvalue weighted by Gasteiger charge is -2.30. The van der Waals surface area contributed by atoms with Crippen LogP contribution in [0.4, 0.5) is 0 Å². The van der Waals surface area contributed by atoms with Crippen molar-refractivity contribution in [2.45, 2.75) is 50.2 Å². The summed E-state index contributed by atoms with van der Waals surface area (Å²) in [5.74, 6) is 1.02. The van der Waals surface area contributed by atoms with Crippen LogP contribution in [0.3, 0.4) is 0 Å². The Hall–Kier alpha value is -1.81. The summed E-state index contributed by atoms with van der Waals surface area (Å²) in [4.78, 5) is 4.60. The van der Waals surface area contributed by atoms with E-state index >= 15 is 0 Å². The van der Waals surface area contributed by atoms with Gasteiger partial charge < -0.3 is 14.0 Å². The van der Waals surface area contributed by atoms with E-state index in [2.05, 4.69) is 10.1 Å². The molecule has 0 aliphatic carbocycles. The summed E-state index contributed by atoms with van der Waals surface area (Å²) < 4.78 is 43.1. The standard InChI is InChI=1S/C19H27N3O5S/c1-3-15-4-6-17(7-5-15)28(23,24)22-11-8-16(9-12-22)26-14-19-20-18(21-27-19)10-13-25-2/h4-7,16H,3,8-14H2,1-2H3. The van der Waals surface area contributed by atoms with Crippen molar-refractivity contribution < 1.29 is 22.4 Å². The highest BCUT2D eigenvalue weighted by Gasteiger charge is 2.29. The van der Waals surface area contributed by atoms with Crippen molar-refractivity contribution in [3.8, 4) is 0 Å². The molecule has 1 aromatic carbocycles. The molecule has 2 aromatic rings. The molecule has 0 saturated carbocycles. The maximum atomic E-state index is 12.8. The molecule has 1 saturated heterocycles. The van der Waals surface area contributed by atoms with Gasteiger partial charge in [-0.25, -0.2) is 8.42 Å². The molecule has 0 amide bonds. The molecule has 1 aliphatic heterocycles. The number of hydrogen-bond acceptors (Lipinski definition) is 7. The van der Waals surface area contributed by atoms with Crippen molar-refractivity contribution in [3.63, 3.8) is 0 Å². The molecule has 1 fully saturated rings. The topological polar surface area (TPSA) is 94.8 Å². The molecule has 0 radical (unpaired) electrons. The molecule has 3 rings (SSSR count). The molecule has 0 spiro atoms. The van der Waals surface area contributed by atoms with Gasteiger partial charge in [0.25, 0.3) is 5.89 Å². The molecule has 0 N–H and O–H groups in total. The Morgan fingerprint density at radius 2 is 1.93 bits per heavy atom. The van der Waals surface area contributed by atoms with Gasteiger partial charge in [0, 0.05) is 26.6 Å². The van der Waals surface area contributed by atoms with Crippen molar-refractivity contribution in [2.75, 3.05) is 26.8 Å². The average Bonchev–Trinajstić information content (AvgIpc) is 3.19. The lowest BCUT2D eigenvalue weighted by molar-refractivity contribution is -0.00119. The van der Waals surface area contributed by atoms with Gasteiger partial charge in [0.2, 0.25) is 10.0 Å². The van der Waals surface area contributed by atoms with E-state index in [0.29, 0.717) is 55.6 Å². The number of sulfonamides is 1. The van der Waals surface area contributed by atoms with E-state index < -0.39 is 10.0 Å². The summed E-state index contributed by atoms with van der Waals surface area (Å²) in [5.41, 5.74) is 1.12. The third-order valence-electron chi connectivity index (χ3n) is 4.85. The zero-order valence-electron chi connectivity index (χ0n) is 16.3. The molecular weight excluding hydrogens is 382 g/mol. The monoisotopic (exact) mass is 409 g/mol. The Labute approximate surface area is 165 Å². The molecule has 2 heterocycles. The third kappa shape index (κ3) is 5.16. The van der Waals surface area contributed by atoms with Gasteiger partial charge in [0.15, 0.2) is 5.82 Å². The van der Waals surface area contributed by atoms with E-state index in [9.17, 15) is 8.42 Å². The summed E-state index contributed by atoms with van der Waals surface area (Å²) in [6.45, 7) is 3.68. The van der Waals surface area contributed by atoms with Crippen molar-refractivity contribution in [1.82, 2.24) is 14.4 Å². The van der Waals surface area contributed by atoms with E-state index in [-0.39, 0.29) is 12.7 Å². The van der Waals surface area contributed by atoms with Crippen molar-refractivity contribution in [2.24, 2.45) is 0 Å². The van der Waals surface area contributed by atoms with Gasteiger partial charge >= 0.3 is 0 Å². The molecule has 0 bridgehead atoms. The lowest BCUT2D eigenvalue weighted by Crippen LogP contribution is -2.40. The minimum absolute atomic E-state index is 0.0248. The molecule has 154 valence electrons. The second-order valence-electron chi connectivity index (χ2n) is 6.76. The van der Waals surface area contributed by atoms with E-state index in [1.807, 2.05) is 19.1 Å². The van der Waals surface area contributed by atoms with Crippen molar-refractivity contribution >= 4 is 10.0 Å². The number of nitrogens with zero attached hydrogens (tertiary/aromatic N) is 3. The van der Waals surface area contributed by atoms with Crippen LogP contribution in [0.25, 0.3) is 0 Å². The Balaban J connectivity index is 1.49. The predicted octanol–water partition coefficient (Wildman–Crippen LogP) is 2.19. The number of rotatable bonds is 9. The van der Waals surface area contributed by atoms with Gasteiger partial charge in [-0.3, -0.25) is 0 Å². The maximum Gasteiger partial charge on any atom is 0.252 e. The Kier molecular flexibility index (Phi) is 7.17. The first-order valence-electron chi connectivity index (χ1n) is 9.54. The highest BCUT2D eigenvalue weighted by molar-refractivity contribution is 7.89. The molecule has 1 aromatic heterocycles. The SMILES string of the molecule is CCc1ccc(S(=O)(=O)N2CCC(OCc3nc(CCOC)no3)CC2)cc1. The second kappa shape index (κ2) is 9.60. The molecule has 0 atom stereocenters. The van der Waals surface area contributed by atoms with Crippen LogP contribution in [0.2, 0.25) is 0 Å². The number of ether oxygens (including phenoxy) is 2. The fourth-order valence-corrected chi connectivity index (χ4v) is 4.59. The first-order chi connectivity index (χ1) is 13.5. The fraction of sp³-hybridized carbons (Fsp3) is 0.579. The summed E-state index contributed by atoms with van der Waals surface area (Å²) in [6, 6.07) is 7.11. The molecule has 9 heteroatoms. The minimum atomic E-state index is -3.46. The van der Waals surface area contributed by atoms with Crippen LogP contribution >= 0.6 is 0 Å². The first kappa shape index (κ1) is 20.9. The van der Waals surface area contributed by atoms with Crippen LogP contribution in [0, 0.1) is 0 Å². The van der Waals surface area contributed by atoms with Crippen molar-refractivity contribution in [3.05, 3.63) is 41.5 Å². The number of aromatic nitrogens is 2. The predicted molar refractivity (Wildman–Crippen MR) is 102 cm³/mol. The summed E-state index contributed by atoms with van der Waals surface area (Å²) in [6.07, 6.45) is 2.73. The summed E-state index contributed by atoms with van der Waals surface area (Å²) in [5, 5.41) is 3.87. The Morgan fingerprint density at radius 1 is 1.21 bits per heavy atom. The van der Waals surface area contributed by atoms with E-state index in [0.717, 1.165) is 12.0 Å². The second-order valence-corrected chi connectivity index (χ2v) is 8.70. The zero-order valence-corrected chi connectivity index (χ0v) is 17.2. The first-order valence-corrected chi connectivity index (χ1v) is 11.0. The van der Waals surface area contributed by atoms with Crippen LogP contribution < -0.4 is 0 Å². The number of hydrogen-bond donors (Lipinski definition) is 0. The van der Waals surface area contributed by atoms with E-state index in [1.54, 1.807) is 19.2 Å². The van der Waals surface area contributed by atoms with Gasteiger partial charge in [-0.2, -0.15) is 9.29 Å². The highest BCUT2D eigenvalue weighted by Crippen LogP contribution is 2.23. The summed E-state index contributed by atoms with van der Waals surface area (Å²) in [7, 11) is -1.84. The van der Waals surface area contributed by atoms with Crippen LogP contribution in [0.1, 0.15) is 37.0 Å². The number of aryl methyl sites for hydroxylation is 1. The number of benzene rings is 1. The smallest absolute Gasteiger partial charge is 0.252 e. The van der Waals surface area contributed by atoms with Gasteiger partial charge in [-0.15, -0.1) is 0 Å². The van der Waals surface area contributed by atoms with E-state index in [1.165, 1.54) is 4.31 Å². The minimum Gasteiger partial charge on any atom is -0.384 e. The maximum absolute atomic E-state index is 12.8.